The molecule has 0 unspecified atom stereocenters. The van der Waals surface area contributed by atoms with Gasteiger partial charge in [-0.2, -0.15) is 10.4 Å². The van der Waals surface area contributed by atoms with E-state index in [-0.39, 0.29) is 17.0 Å². The van der Waals surface area contributed by atoms with Crippen LogP contribution in [-0.2, 0) is 0 Å². The third-order valence-corrected chi connectivity index (χ3v) is 3.81. The number of carboxylic acid groups (broad SMARTS) is 1. The highest BCUT2D eigenvalue weighted by atomic mass is 16.4. The second-order valence-electron chi connectivity index (χ2n) is 5.41. The molecule has 0 bridgehead atoms. The molecule has 8 heteroatoms. The maximum Gasteiger partial charge on any atom is 0.337 e. The molecule has 1 aromatic heterocycles. The molecule has 0 atom stereocenters. The van der Waals surface area contributed by atoms with Gasteiger partial charge in [0.1, 0.15) is 6.07 Å². The van der Waals surface area contributed by atoms with Gasteiger partial charge in [0.15, 0.2) is 5.84 Å². The van der Waals surface area contributed by atoms with Gasteiger partial charge >= 0.3 is 5.97 Å². The van der Waals surface area contributed by atoms with Gasteiger partial charge in [0, 0.05) is 17.1 Å². The van der Waals surface area contributed by atoms with Crippen molar-refractivity contribution in [3.63, 3.8) is 0 Å². The number of nitrogens with two attached hydrogens (primary N) is 1. The predicted octanol–water partition coefficient (Wildman–Crippen LogP) is 2.76. The van der Waals surface area contributed by atoms with Crippen LogP contribution in [0.5, 0.6) is 0 Å². The predicted molar refractivity (Wildman–Crippen MR) is 99.3 cm³/mol. The van der Waals surface area contributed by atoms with E-state index in [4.69, 9.17) is 16.4 Å². The third-order valence-electron chi connectivity index (χ3n) is 3.81. The smallest absolute Gasteiger partial charge is 0.337 e. The number of fused-ring (bicyclic) bond motifs is 1. The van der Waals surface area contributed by atoms with Crippen molar-refractivity contribution in [2.45, 2.75) is 0 Å². The van der Waals surface area contributed by atoms with E-state index in [1.807, 2.05) is 30.5 Å². The summed E-state index contributed by atoms with van der Waals surface area (Å²) < 4.78 is 0. The van der Waals surface area contributed by atoms with E-state index in [9.17, 15) is 9.90 Å². The van der Waals surface area contributed by atoms with Crippen LogP contribution < -0.4 is 11.2 Å². The van der Waals surface area contributed by atoms with Gasteiger partial charge in [0.25, 0.3) is 0 Å². The molecule has 8 nitrogen and oxygen atoms in total. The van der Waals surface area contributed by atoms with Gasteiger partial charge in [-0.1, -0.05) is 18.2 Å². The van der Waals surface area contributed by atoms with Crippen LogP contribution in [0.2, 0.25) is 0 Å². The number of benzene rings is 2. The van der Waals surface area contributed by atoms with Crippen LogP contribution in [0.4, 0.5) is 5.69 Å². The number of rotatable bonds is 5. The minimum absolute atomic E-state index is 0.0143. The monoisotopic (exact) mass is 346 g/mol. The van der Waals surface area contributed by atoms with Crippen LogP contribution in [0.25, 0.3) is 22.0 Å². The van der Waals surface area contributed by atoms with E-state index in [1.165, 1.54) is 6.07 Å². The molecule has 0 spiro atoms. The number of hydrogen-bond donors (Lipinski definition) is 5. The maximum atomic E-state index is 11.5. The minimum atomic E-state index is -1.14. The Hall–Kier alpha value is -4.12. The van der Waals surface area contributed by atoms with Crippen molar-refractivity contribution in [3.05, 3.63) is 54.2 Å². The minimum Gasteiger partial charge on any atom is -0.478 e. The number of hydrazone groups is 1. The Morgan fingerprint density at radius 3 is 2.81 bits per heavy atom. The number of nitrogens with one attached hydrogen (secondary N) is 3. The number of nitriles is 1. The first kappa shape index (κ1) is 16.7. The topological polar surface area (TPSA) is 151 Å². The van der Waals surface area contributed by atoms with Gasteiger partial charge in [-0.3, -0.25) is 10.8 Å². The van der Waals surface area contributed by atoms with E-state index in [1.54, 1.807) is 18.2 Å². The molecule has 0 saturated carbocycles. The molecule has 0 aliphatic rings. The van der Waals surface area contributed by atoms with E-state index in [2.05, 4.69) is 15.5 Å². The fourth-order valence-corrected chi connectivity index (χ4v) is 2.59. The molecule has 0 aliphatic carbocycles. The lowest BCUT2D eigenvalue weighted by atomic mass is 9.99. The Bertz CT molecular complexity index is 1090. The van der Waals surface area contributed by atoms with Gasteiger partial charge in [-0.15, -0.1) is 0 Å². The highest BCUT2D eigenvalue weighted by molar-refractivity contribution is 6.45. The second-order valence-corrected chi connectivity index (χ2v) is 5.41. The lowest BCUT2D eigenvalue weighted by molar-refractivity contribution is 0.0698. The van der Waals surface area contributed by atoms with Gasteiger partial charge in [0.05, 0.1) is 11.3 Å². The molecule has 0 amide bonds. The zero-order chi connectivity index (χ0) is 18.7. The quantitative estimate of drug-likeness (QED) is 0.273. The molecule has 0 radical (unpaired) electrons. The highest BCUT2D eigenvalue weighted by Gasteiger charge is 2.13. The van der Waals surface area contributed by atoms with Crippen LogP contribution >= 0.6 is 0 Å². The summed E-state index contributed by atoms with van der Waals surface area (Å²) in [7, 11) is 0. The van der Waals surface area contributed by atoms with Gasteiger partial charge in [-0.25, -0.2) is 4.79 Å². The van der Waals surface area contributed by atoms with E-state index in [0.29, 0.717) is 0 Å². The second kappa shape index (κ2) is 6.78. The number of hydrogen-bond acceptors (Lipinski definition) is 5. The molecular formula is C18H14N6O2. The highest BCUT2D eigenvalue weighted by Crippen LogP contribution is 2.31. The van der Waals surface area contributed by atoms with Gasteiger partial charge in [0.2, 0.25) is 5.71 Å². The average molecular weight is 346 g/mol. The molecule has 0 saturated heterocycles. The van der Waals surface area contributed by atoms with Crippen molar-refractivity contribution in [2.75, 3.05) is 5.43 Å². The maximum absolute atomic E-state index is 11.5. The van der Waals surface area contributed by atoms with E-state index >= 15 is 0 Å². The number of anilines is 1. The SMILES string of the molecule is N#C/C(=N\Nc1cc(-c2cccc3[nH]ccc23)ccc1C(=O)O)C(=N)N. The largest absolute Gasteiger partial charge is 0.478 e. The van der Waals surface area contributed by atoms with Crippen LogP contribution in [-0.4, -0.2) is 27.6 Å². The first-order valence-corrected chi connectivity index (χ1v) is 7.53. The van der Waals surface area contributed by atoms with Gasteiger partial charge < -0.3 is 15.8 Å². The first-order chi connectivity index (χ1) is 12.5. The number of nitrogens with zero attached hydrogens (tertiary/aromatic N) is 2. The summed E-state index contributed by atoms with van der Waals surface area (Å²) in [6.07, 6.45) is 1.83. The van der Waals surface area contributed by atoms with Crippen molar-refractivity contribution < 1.29 is 9.90 Å². The van der Waals surface area contributed by atoms with Crippen LogP contribution in [0.3, 0.4) is 0 Å². The number of aromatic amines is 1. The van der Waals surface area contributed by atoms with Crippen molar-refractivity contribution in [2.24, 2.45) is 10.8 Å². The Morgan fingerprint density at radius 1 is 1.31 bits per heavy atom. The molecule has 6 N–H and O–H groups in total. The summed E-state index contributed by atoms with van der Waals surface area (Å²) in [4.78, 5) is 14.6. The zero-order valence-corrected chi connectivity index (χ0v) is 13.4. The summed E-state index contributed by atoms with van der Waals surface area (Å²) in [6, 6.07) is 14.2. The summed E-state index contributed by atoms with van der Waals surface area (Å²) in [5.74, 6) is -1.65. The summed E-state index contributed by atoms with van der Waals surface area (Å²) in [6.45, 7) is 0. The fourth-order valence-electron chi connectivity index (χ4n) is 2.59. The Labute approximate surface area is 148 Å². The average Bonchev–Trinajstić information content (AvgIpc) is 3.10. The van der Waals surface area contributed by atoms with Crippen molar-refractivity contribution in [1.82, 2.24) is 4.98 Å². The standard InChI is InChI=1S/C18H14N6O2/c19-9-16(17(20)21)24-23-15-8-10(4-5-13(15)18(25)26)11-2-1-3-14-12(11)6-7-22-14/h1-8,22-23H,(H3,20,21)(H,25,26)/b24-16+. The lowest BCUT2D eigenvalue weighted by Crippen LogP contribution is -2.22. The number of carbonyl (C=O) groups is 1. The van der Waals surface area contributed by atoms with Crippen molar-refractivity contribution >= 4 is 34.1 Å². The summed E-state index contributed by atoms with van der Waals surface area (Å²) in [5, 5.41) is 30.3. The molecule has 3 aromatic rings. The van der Waals surface area contributed by atoms with Crippen molar-refractivity contribution in [1.29, 1.82) is 10.7 Å². The summed E-state index contributed by atoms with van der Waals surface area (Å²) in [5.41, 5.74) is 10.3. The number of carboxylic acids is 1. The Kier molecular flexibility index (Phi) is 4.36. The van der Waals surface area contributed by atoms with Crippen LogP contribution in [0.15, 0.2) is 53.8 Å². The van der Waals surface area contributed by atoms with Crippen LogP contribution in [0.1, 0.15) is 10.4 Å². The summed E-state index contributed by atoms with van der Waals surface area (Å²) >= 11 is 0. The first-order valence-electron chi connectivity index (χ1n) is 7.53. The normalized spacial score (nSPS) is 11.1. The number of H-pyrrole nitrogens is 1. The Morgan fingerprint density at radius 2 is 2.12 bits per heavy atom. The number of aromatic nitrogens is 1. The molecule has 1 heterocycles. The lowest BCUT2D eigenvalue weighted by Gasteiger charge is -2.10. The molecule has 0 fully saturated rings. The van der Waals surface area contributed by atoms with E-state index in [0.717, 1.165) is 22.0 Å². The van der Waals surface area contributed by atoms with Crippen LogP contribution in [0, 0.1) is 16.7 Å². The molecule has 26 heavy (non-hydrogen) atoms. The van der Waals surface area contributed by atoms with Gasteiger partial charge in [-0.05, 0) is 35.4 Å². The third kappa shape index (κ3) is 3.09. The molecule has 0 aliphatic heterocycles. The zero-order valence-electron chi connectivity index (χ0n) is 13.4. The van der Waals surface area contributed by atoms with Crippen molar-refractivity contribution in [3.8, 4) is 17.2 Å². The molecular weight excluding hydrogens is 332 g/mol. The number of aromatic carboxylic acids is 1. The molecule has 3 rings (SSSR count). The fraction of sp³-hybridized carbons (Fsp3) is 0. The van der Waals surface area contributed by atoms with E-state index < -0.39 is 11.8 Å². The Balaban J connectivity index is 2.10. The number of amidine groups is 1. The molecule has 2 aromatic carbocycles. The molecule has 128 valence electrons.